The Kier molecular flexibility index (Phi) is 6.62. The van der Waals surface area contributed by atoms with Crippen LogP contribution in [0.2, 0.25) is 0 Å². The highest BCUT2D eigenvalue weighted by atomic mass is 16.5. The van der Waals surface area contributed by atoms with Crippen molar-refractivity contribution in [3.8, 4) is 11.8 Å². The molecular weight excluding hydrogens is 206 g/mol. The summed E-state index contributed by atoms with van der Waals surface area (Å²) in [4.78, 5) is 11.2. The van der Waals surface area contributed by atoms with Crippen LogP contribution in [0, 0.1) is 11.8 Å². The molecule has 0 aromatic rings. The molecule has 1 atom stereocenters. The number of amides is 1. The van der Waals surface area contributed by atoms with Crippen LogP contribution in [0.25, 0.3) is 0 Å². The van der Waals surface area contributed by atoms with Crippen LogP contribution < -0.4 is 5.32 Å². The van der Waals surface area contributed by atoms with E-state index in [1.807, 2.05) is 0 Å². The number of carbonyl (C=O) groups is 1. The molecule has 0 saturated carbocycles. The Morgan fingerprint density at radius 2 is 2.31 bits per heavy atom. The number of aliphatic hydroxyl groups is 1. The van der Waals surface area contributed by atoms with E-state index in [1.54, 1.807) is 0 Å². The molecule has 90 valence electrons. The van der Waals surface area contributed by atoms with Gasteiger partial charge in [-0.25, -0.2) is 0 Å². The van der Waals surface area contributed by atoms with E-state index in [9.17, 15) is 4.79 Å². The lowest BCUT2D eigenvalue weighted by Gasteiger charge is -2.13. The van der Waals surface area contributed by atoms with Gasteiger partial charge in [-0.1, -0.05) is 12.3 Å². The number of carbonyl (C=O) groups excluding carboxylic acids is 1. The summed E-state index contributed by atoms with van der Waals surface area (Å²) < 4.78 is 5.41. The molecule has 0 spiro atoms. The van der Waals surface area contributed by atoms with E-state index >= 15 is 0 Å². The van der Waals surface area contributed by atoms with Crippen molar-refractivity contribution in [2.45, 2.75) is 38.2 Å². The molecular formula is C12H19NO3. The Labute approximate surface area is 96.4 Å². The van der Waals surface area contributed by atoms with E-state index < -0.39 is 0 Å². The Bertz CT molecular complexity index is 267. The summed E-state index contributed by atoms with van der Waals surface area (Å²) in [6.45, 7) is 0.257. The van der Waals surface area contributed by atoms with Crippen molar-refractivity contribution < 1.29 is 14.6 Å². The molecule has 0 aliphatic heterocycles. The second-order valence-corrected chi connectivity index (χ2v) is 3.79. The molecule has 2 N–H and O–H groups in total. The summed E-state index contributed by atoms with van der Waals surface area (Å²) in [6.07, 6.45) is 5.18. The van der Waals surface area contributed by atoms with Gasteiger partial charge in [0.15, 0.2) is 0 Å². The molecule has 16 heavy (non-hydrogen) atoms. The zero-order valence-electron chi connectivity index (χ0n) is 9.50. The fraction of sp³-hybridized carbons (Fsp3) is 0.750. The number of aliphatic hydroxyl groups excluding tert-OH is 1. The van der Waals surface area contributed by atoms with Crippen LogP contribution in [0.5, 0.6) is 0 Å². The van der Waals surface area contributed by atoms with Crippen molar-refractivity contribution in [2.24, 2.45) is 0 Å². The van der Waals surface area contributed by atoms with Crippen LogP contribution >= 0.6 is 0 Å². The Balaban J connectivity index is 2.21. The van der Waals surface area contributed by atoms with Crippen molar-refractivity contribution >= 4 is 5.91 Å². The maximum Gasteiger partial charge on any atom is 0.246 e. The monoisotopic (exact) mass is 225 g/mol. The number of ether oxygens (including phenoxy) is 1. The summed E-state index contributed by atoms with van der Waals surface area (Å²) >= 11 is 0. The van der Waals surface area contributed by atoms with Crippen LogP contribution in [-0.2, 0) is 9.53 Å². The number of nitrogens with one attached hydrogen (secondary N) is 1. The average molecular weight is 225 g/mol. The van der Waals surface area contributed by atoms with Crippen molar-refractivity contribution in [3.63, 3.8) is 0 Å². The van der Waals surface area contributed by atoms with Gasteiger partial charge in [-0.3, -0.25) is 4.79 Å². The molecule has 1 rings (SSSR count). The zero-order valence-corrected chi connectivity index (χ0v) is 9.50. The topological polar surface area (TPSA) is 58.6 Å². The molecule has 4 heteroatoms. The van der Waals surface area contributed by atoms with Gasteiger partial charge in [0.1, 0.15) is 12.7 Å². The normalized spacial score (nSPS) is 20.2. The average Bonchev–Trinajstić information content (AvgIpc) is 2.25. The van der Waals surface area contributed by atoms with Crippen molar-refractivity contribution in [3.05, 3.63) is 0 Å². The van der Waals surface area contributed by atoms with E-state index in [-0.39, 0.29) is 31.8 Å². The van der Waals surface area contributed by atoms with Gasteiger partial charge in [-0.05, 0) is 19.3 Å². The minimum absolute atomic E-state index is 0.0271. The summed E-state index contributed by atoms with van der Waals surface area (Å²) in [5.41, 5.74) is 0. The van der Waals surface area contributed by atoms with Gasteiger partial charge in [0.2, 0.25) is 5.91 Å². The first kappa shape index (κ1) is 13.0. The van der Waals surface area contributed by atoms with E-state index in [0.717, 1.165) is 25.7 Å². The van der Waals surface area contributed by atoms with Gasteiger partial charge < -0.3 is 15.2 Å². The lowest BCUT2D eigenvalue weighted by molar-refractivity contribution is -0.126. The first-order valence-electron chi connectivity index (χ1n) is 5.80. The fourth-order valence-electron chi connectivity index (χ4n) is 1.53. The number of hydrogen-bond donors (Lipinski definition) is 2. The Morgan fingerprint density at radius 3 is 3.12 bits per heavy atom. The van der Waals surface area contributed by atoms with Gasteiger partial charge in [0, 0.05) is 13.0 Å². The van der Waals surface area contributed by atoms with Gasteiger partial charge in [-0.15, -0.1) is 5.92 Å². The minimum atomic E-state index is -0.196. The summed E-state index contributed by atoms with van der Waals surface area (Å²) in [6, 6.07) is 0. The van der Waals surface area contributed by atoms with Crippen molar-refractivity contribution in [2.75, 3.05) is 19.8 Å². The SMILES string of the molecule is O=C(COC1C#CCCCCC1)NCCO. The third-order valence-corrected chi connectivity index (χ3v) is 2.38. The van der Waals surface area contributed by atoms with Crippen LogP contribution in [0.1, 0.15) is 32.1 Å². The van der Waals surface area contributed by atoms with Gasteiger partial charge >= 0.3 is 0 Å². The number of hydrogen-bond acceptors (Lipinski definition) is 3. The second kappa shape index (κ2) is 8.14. The Morgan fingerprint density at radius 1 is 1.44 bits per heavy atom. The molecule has 0 saturated heterocycles. The van der Waals surface area contributed by atoms with Crippen LogP contribution in [0.4, 0.5) is 0 Å². The minimum Gasteiger partial charge on any atom is -0.395 e. The molecule has 0 aromatic carbocycles. The molecule has 0 aromatic heterocycles. The first-order chi connectivity index (χ1) is 7.83. The summed E-state index contributed by atoms with van der Waals surface area (Å²) in [5.74, 6) is 5.89. The maximum atomic E-state index is 11.2. The highest BCUT2D eigenvalue weighted by molar-refractivity contribution is 5.77. The molecule has 1 aliphatic carbocycles. The molecule has 0 fully saturated rings. The van der Waals surface area contributed by atoms with Crippen LogP contribution in [0.3, 0.4) is 0 Å². The second-order valence-electron chi connectivity index (χ2n) is 3.79. The standard InChI is InChI=1S/C12H19NO3/c14-9-8-13-12(15)10-16-11-6-4-2-1-3-5-7-11/h11,14H,1-4,6,8-10H2,(H,13,15). The van der Waals surface area contributed by atoms with Crippen molar-refractivity contribution in [1.29, 1.82) is 0 Å². The Hall–Kier alpha value is -1.05. The molecule has 0 heterocycles. The largest absolute Gasteiger partial charge is 0.395 e. The summed E-state index contributed by atoms with van der Waals surface area (Å²) in [7, 11) is 0. The zero-order chi connectivity index (χ0) is 11.6. The van der Waals surface area contributed by atoms with E-state index in [1.165, 1.54) is 6.42 Å². The smallest absolute Gasteiger partial charge is 0.246 e. The molecule has 0 bridgehead atoms. The number of rotatable bonds is 5. The summed E-state index contributed by atoms with van der Waals surface area (Å²) in [5, 5.41) is 11.1. The predicted octanol–water partition coefficient (Wildman–Crippen LogP) is 0.448. The van der Waals surface area contributed by atoms with Gasteiger partial charge in [0.05, 0.1) is 6.61 Å². The molecule has 1 unspecified atom stereocenters. The first-order valence-corrected chi connectivity index (χ1v) is 5.80. The molecule has 1 amide bonds. The highest BCUT2D eigenvalue weighted by Crippen LogP contribution is 2.10. The van der Waals surface area contributed by atoms with Crippen LogP contribution in [0.15, 0.2) is 0 Å². The molecule has 0 radical (unpaired) electrons. The van der Waals surface area contributed by atoms with Gasteiger partial charge in [0.25, 0.3) is 0 Å². The molecule has 1 aliphatic rings. The lowest BCUT2D eigenvalue weighted by atomic mass is 10.1. The molecule has 4 nitrogen and oxygen atoms in total. The third-order valence-electron chi connectivity index (χ3n) is 2.38. The highest BCUT2D eigenvalue weighted by Gasteiger charge is 2.09. The quantitative estimate of drug-likeness (QED) is 0.668. The maximum absolute atomic E-state index is 11.2. The van der Waals surface area contributed by atoms with E-state index in [0.29, 0.717) is 0 Å². The van der Waals surface area contributed by atoms with Gasteiger partial charge in [-0.2, -0.15) is 0 Å². The third kappa shape index (κ3) is 5.74. The van der Waals surface area contributed by atoms with E-state index in [2.05, 4.69) is 17.2 Å². The van der Waals surface area contributed by atoms with Crippen LogP contribution in [-0.4, -0.2) is 36.9 Å². The predicted molar refractivity (Wildman–Crippen MR) is 60.7 cm³/mol. The fourth-order valence-corrected chi connectivity index (χ4v) is 1.53. The lowest BCUT2D eigenvalue weighted by Crippen LogP contribution is -2.31. The van der Waals surface area contributed by atoms with E-state index in [4.69, 9.17) is 9.84 Å². The van der Waals surface area contributed by atoms with Crippen molar-refractivity contribution in [1.82, 2.24) is 5.32 Å².